The second kappa shape index (κ2) is 5.77. The van der Waals surface area contributed by atoms with Crippen molar-refractivity contribution in [1.82, 2.24) is 20.2 Å². The molecule has 92 valence electrons. The van der Waals surface area contributed by atoms with Gasteiger partial charge in [-0.05, 0) is 35.4 Å². The van der Waals surface area contributed by atoms with Crippen LogP contribution in [0.25, 0.3) is 5.69 Å². The molecular weight excluding hydrogens is 230 g/mol. The molecule has 0 atom stereocenters. The van der Waals surface area contributed by atoms with Crippen LogP contribution in [0, 0.1) is 18.3 Å². The van der Waals surface area contributed by atoms with E-state index < -0.39 is 0 Å². The van der Waals surface area contributed by atoms with Crippen molar-refractivity contribution in [2.24, 2.45) is 0 Å². The molecule has 0 aliphatic carbocycles. The predicted octanol–water partition coefficient (Wildman–Crippen LogP) is 1.65. The van der Waals surface area contributed by atoms with Crippen molar-refractivity contribution in [2.75, 3.05) is 6.61 Å². The van der Waals surface area contributed by atoms with Crippen molar-refractivity contribution in [2.45, 2.75) is 19.8 Å². The zero-order chi connectivity index (χ0) is 12.8. The molecule has 0 fully saturated rings. The van der Waals surface area contributed by atoms with Gasteiger partial charge < -0.3 is 4.74 Å². The van der Waals surface area contributed by atoms with E-state index in [-0.39, 0.29) is 0 Å². The summed E-state index contributed by atoms with van der Waals surface area (Å²) < 4.78 is 7.22. The summed E-state index contributed by atoms with van der Waals surface area (Å²) >= 11 is 0. The molecule has 1 aromatic carbocycles. The molecular formula is C12H13N5O. The molecule has 0 radical (unpaired) electrons. The lowest BCUT2D eigenvalue weighted by molar-refractivity contribution is 0.310. The van der Waals surface area contributed by atoms with E-state index in [1.165, 1.54) is 6.33 Å². The summed E-state index contributed by atoms with van der Waals surface area (Å²) in [5, 5.41) is 19.5. The monoisotopic (exact) mass is 243 g/mol. The van der Waals surface area contributed by atoms with E-state index in [4.69, 9.17) is 10.00 Å². The Morgan fingerprint density at radius 1 is 1.44 bits per heavy atom. The molecule has 1 aromatic heterocycles. The summed E-state index contributed by atoms with van der Waals surface area (Å²) in [7, 11) is 0. The molecule has 2 aromatic rings. The maximum Gasteiger partial charge on any atom is 0.143 e. The number of ether oxygens (including phenoxy) is 1. The molecule has 18 heavy (non-hydrogen) atoms. The minimum Gasteiger partial charge on any atom is -0.493 e. The fourth-order valence-corrected chi connectivity index (χ4v) is 1.50. The zero-order valence-corrected chi connectivity index (χ0v) is 10.1. The van der Waals surface area contributed by atoms with E-state index in [0.717, 1.165) is 23.4 Å². The van der Waals surface area contributed by atoms with Gasteiger partial charge in [-0.2, -0.15) is 5.26 Å². The van der Waals surface area contributed by atoms with Crippen LogP contribution < -0.4 is 4.74 Å². The minimum absolute atomic E-state index is 0.506. The summed E-state index contributed by atoms with van der Waals surface area (Å²) in [4.78, 5) is 0. The lowest BCUT2D eigenvalue weighted by Crippen LogP contribution is -2.01. The Morgan fingerprint density at radius 2 is 2.33 bits per heavy atom. The average molecular weight is 243 g/mol. The number of nitriles is 1. The summed E-state index contributed by atoms with van der Waals surface area (Å²) in [5.41, 5.74) is 1.89. The summed E-state index contributed by atoms with van der Waals surface area (Å²) in [5.74, 6) is 0.793. The Kier molecular flexibility index (Phi) is 3.86. The van der Waals surface area contributed by atoms with Gasteiger partial charge in [-0.15, -0.1) is 5.10 Å². The van der Waals surface area contributed by atoms with Gasteiger partial charge in [0.05, 0.1) is 18.4 Å². The van der Waals surface area contributed by atoms with Gasteiger partial charge in [-0.25, -0.2) is 4.68 Å². The van der Waals surface area contributed by atoms with E-state index in [9.17, 15) is 0 Å². The van der Waals surface area contributed by atoms with Crippen LogP contribution in [-0.2, 0) is 0 Å². The Labute approximate surface area is 105 Å². The van der Waals surface area contributed by atoms with Crippen LogP contribution >= 0.6 is 0 Å². The van der Waals surface area contributed by atoms with Gasteiger partial charge in [-0.1, -0.05) is 6.07 Å². The van der Waals surface area contributed by atoms with Crippen molar-refractivity contribution in [3.05, 3.63) is 30.1 Å². The quantitative estimate of drug-likeness (QED) is 0.746. The van der Waals surface area contributed by atoms with Crippen LogP contribution in [0.3, 0.4) is 0 Å². The third-order valence-corrected chi connectivity index (χ3v) is 2.48. The average Bonchev–Trinajstić information content (AvgIpc) is 2.90. The standard InChI is InChI=1S/C12H13N5O/c1-10-4-5-11(17-9-14-15-16-17)8-12(10)18-7-3-2-6-13/h4-5,8-9H,2-3,7H2,1H3. The minimum atomic E-state index is 0.506. The first-order chi connectivity index (χ1) is 8.81. The van der Waals surface area contributed by atoms with Crippen LogP contribution in [0.15, 0.2) is 24.5 Å². The van der Waals surface area contributed by atoms with Crippen molar-refractivity contribution >= 4 is 0 Å². The molecule has 0 saturated carbocycles. The number of benzene rings is 1. The second-order valence-electron chi connectivity index (χ2n) is 3.81. The Balaban J connectivity index is 2.10. The lowest BCUT2D eigenvalue weighted by Gasteiger charge is -2.09. The van der Waals surface area contributed by atoms with E-state index in [1.54, 1.807) is 4.68 Å². The van der Waals surface area contributed by atoms with Gasteiger partial charge in [-0.3, -0.25) is 0 Å². The fourth-order valence-electron chi connectivity index (χ4n) is 1.50. The predicted molar refractivity (Wildman–Crippen MR) is 64.2 cm³/mol. The molecule has 0 saturated heterocycles. The number of rotatable bonds is 5. The Bertz CT molecular complexity index is 544. The van der Waals surface area contributed by atoms with Crippen LogP contribution in [-0.4, -0.2) is 26.8 Å². The van der Waals surface area contributed by atoms with Gasteiger partial charge >= 0.3 is 0 Å². The summed E-state index contributed by atoms with van der Waals surface area (Å²) in [6.07, 6.45) is 2.76. The number of unbranched alkanes of at least 4 members (excludes halogenated alkanes) is 1. The van der Waals surface area contributed by atoms with Gasteiger partial charge in [0.2, 0.25) is 0 Å². The first-order valence-corrected chi connectivity index (χ1v) is 5.65. The van der Waals surface area contributed by atoms with Gasteiger partial charge in [0, 0.05) is 12.5 Å². The number of tetrazole rings is 1. The largest absolute Gasteiger partial charge is 0.493 e. The third-order valence-electron chi connectivity index (χ3n) is 2.48. The highest BCUT2D eigenvalue weighted by Crippen LogP contribution is 2.21. The lowest BCUT2D eigenvalue weighted by atomic mass is 10.2. The normalized spacial score (nSPS) is 10.0. The fraction of sp³-hybridized carbons (Fsp3) is 0.333. The van der Waals surface area contributed by atoms with E-state index >= 15 is 0 Å². The second-order valence-corrected chi connectivity index (χ2v) is 3.81. The van der Waals surface area contributed by atoms with E-state index in [1.807, 2.05) is 25.1 Å². The molecule has 0 spiro atoms. The molecule has 0 aliphatic rings. The first-order valence-electron chi connectivity index (χ1n) is 5.65. The molecule has 2 rings (SSSR count). The van der Waals surface area contributed by atoms with Crippen LogP contribution in [0.2, 0.25) is 0 Å². The molecule has 0 aliphatic heterocycles. The molecule has 0 unspecified atom stereocenters. The number of hydrogen-bond acceptors (Lipinski definition) is 5. The van der Waals surface area contributed by atoms with Crippen molar-refractivity contribution in [1.29, 1.82) is 5.26 Å². The highest BCUT2D eigenvalue weighted by molar-refractivity contribution is 5.43. The number of aryl methyl sites for hydroxylation is 1. The Hall–Kier alpha value is -2.42. The smallest absolute Gasteiger partial charge is 0.143 e. The van der Waals surface area contributed by atoms with E-state index in [2.05, 4.69) is 21.6 Å². The third kappa shape index (κ3) is 2.83. The molecule has 6 heteroatoms. The molecule has 1 heterocycles. The van der Waals surface area contributed by atoms with Crippen molar-refractivity contribution in [3.63, 3.8) is 0 Å². The van der Waals surface area contributed by atoms with Crippen molar-refractivity contribution < 1.29 is 4.74 Å². The van der Waals surface area contributed by atoms with E-state index in [0.29, 0.717) is 13.0 Å². The first kappa shape index (κ1) is 12.0. The number of nitrogens with zero attached hydrogens (tertiary/aromatic N) is 5. The number of aromatic nitrogens is 4. The highest BCUT2D eigenvalue weighted by atomic mass is 16.5. The topological polar surface area (TPSA) is 76.6 Å². The Morgan fingerprint density at radius 3 is 3.06 bits per heavy atom. The van der Waals surface area contributed by atoms with Crippen LogP contribution in [0.5, 0.6) is 5.75 Å². The molecule has 0 amide bonds. The maximum atomic E-state index is 8.46. The molecule has 6 nitrogen and oxygen atoms in total. The SMILES string of the molecule is Cc1ccc(-n2cnnn2)cc1OCCCC#N. The highest BCUT2D eigenvalue weighted by Gasteiger charge is 2.04. The molecule has 0 bridgehead atoms. The summed E-state index contributed by atoms with van der Waals surface area (Å²) in [6.45, 7) is 2.51. The van der Waals surface area contributed by atoms with Gasteiger partial charge in [0.25, 0.3) is 0 Å². The number of hydrogen-bond donors (Lipinski definition) is 0. The maximum absolute atomic E-state index is 8.46. The molecule has 0 N–H and O–H groups in total. The summed E-state index contributed by atoms with van der Waals surface area (Å²) in [6, 6.07) is 7.86. The van der Waals surface area contributed by atoms with Gasteiger partial charge in [0.1, 0.15) is 12.1 Å². The van der Waals surface area contributed by atoms with Crippen LogP contribution in [0.1, 0.15) is 18.4 Å². The zero-order valence-electron chi connectivity index (χ0n) is 10.1. The van der Waals surface area contributed by atoms with Crippen molar-refractivity contribution in [3.8, 4) is 17.5 Å². The van der Waals surface area contributed by atoms with Gasteiger partial charge in [0.15, 0.2) is 0 Å². The van der Waals surface area contributed by atoms with Crippen LogP contribution in [0.4, 0.5) is 0 Å².